The molecule has 0 bridgehead atoms. The van der Waals surface area contributed by atoms with Crippen LogP contribution in [0.4, 0.5) is 8.78 Å². The van der Waals surface area contributed by atoms with E-state index in [0.29, 0.717) is 23.6 Å². The molecule has 0 aromatic heterocycles. The summed E-state index contributed by atoms with van der Waals surface area (Å²) in [5, 5.41) is 7.20. The molecule has 1 aliphatic rings. The van der Waals surface area contributed by atoms with E-state index in [9.17, 15) is 8.78 Å². The molecule has 0 amide bonds. The van der Waals surface area contributed by atoms with Gasteiger partial charge in [-0.3, -0.25) is 5.43 Å². The number of hydrogen-bond donors (Lipinski definition) is 2. The van der Waals surface area contributed by atoms with Gasteiger partial charge in [0.2, 0.25) is 6.79 Å². The maximum atomic E-state index is 12.4. The number of fused-ring (bicyclic) bond motifs is 1. The number of rotatable bonds is 6. The van der Waals surface area contributed by atoms with Gasteiger partial charge >= 0.3 is 6.61 Å². The van der Waals surface area contributed by atoms with Crippen LogP contribution in [0.5, 0.6) is 17.2 Å². The fourth-order valence-electron chi connectivity index (χ4n) is 2.22. The zero-order chi connectivity index (χ0) is 18.4. The standard InChI is InChI=1S/C17H15F2N3O3S/c18-16(19)25-13-4-2-1-3-12(13)9-21-22-17(26)20-8-11-5-6-14-15(7-11)24-10-23-14/h1-7,9,16H,8,10H2,(H2,20,22,26)/b21-9-. The van der Waals surface area contributed by atoms with Gasteiger partial charge in [0.05, 0.1) is 6.21 Å². The van der Waals surface area contributed by atoms with Crippen LogP contribution in [0.25, 0.3) is 0 Å². The van der Waals surface area contributed by atoms with Crippen LogP contribution < -0.4 is 25.0 Å². The van der Waals surface area contributed by atoms with Crippen LogP contribution in [0, 0.1) is 0 Å². The molecule has 0 aliphatic carbocycles. The highest BCUT2D eigenvalue weighted by atomic mass is 32.1. The third-order valence-corrected chi connectivity index (χ3v) is 3.63. The Labute approximate surface area is 153 Å². The first kappa shape index (κ1) is 17.9. The molecule has 1 heterocycles. The summed E-state index contributed by atoms with van der Waals surface area (Å²) in [4.78, 5) is 0. The lowest BCUT2D eigenvalue weighted by Gasteiger charge is -2.09. The predicted octanol–water partition coefficient (Wildman–Crippen LogP) is 3.01. The maximum Gasteiger partial charge on any atom is 0.387 e. The van der Waals surface area contributed by atoms with Crippen molar-refractivity contribution in [3.63, 3.8) is 0 Å². The van der Waals surface area contributed by atoms with Crippen molar-refractivity contribution in [2.24, 2.45) is 5.10 Å². The second kappa shape index (κ2) is 8.43. The summed E-state index contributed by atoms with van der Waals surface area (Å²) >= 11 is 5.13. The lowest BCUT2D eigenvalue weighted by molar-refractivity contribution is -0.0499. The van der Waals surface area contributed by atoms with E-state index in [0.717, 1.165) is 5.56 Å². The SMILES string of the molecule is FC(F)Oc1ccccc1/C=N\NC(=S)NCc1ccc2c(c1)OCO2. The molecule has 136 valence electrons. The molecular formula is C17H15F2N3O3S. The maximum absolute atomic E-state index is 12.4. The van der Waals surface area contributed by atoms with Crippen molar-refractivity contribution in [2.75, 3.05) is 6.79 Å². The number of halogens is 2. The van der Waals surface area contributed by atoms with Crippen molar-refractivity contribution >= 4 is 23.5 Å². The largest absolute Gasteiger partial charge is 0.454 e. The molecular weight excluding hydrogens is 364 g/mol. The lowest BCUT2D eigenvalue weighted by Crippen LogP contribution is -2.31. The highest BCUT2D eigenvalue weighted by Crippen LogP contribution is 2.32. The molecule has 6 nitrogen and oxygen atoms in total. The number of para-hydroxylation sites is 1. The highest BCUT2D eigenvalue weighted by molar-refractivity contribution is 7.80. The topological polar surface area (TPSA) is 64.1 Å². The molecule has 0 fully saturated rings. The van der Waals surface area contributed by atoms with Crippen LogP contribution in [0.1, 0.15) is 11.1 Å². The van der Waals surface area contributed by atoms with Crippen LogP contribution in [-0.4, -0.2) is 24.7 Å². The van der Waals surface area contributed by atoms with Crippen molar-refractivity contribution in [3.05, 3.63) is 53.6 Å². The third kappa shape index (κ3) is 4.79. The second-order valence-electron chi connectivity index (χ2n) is 5.16. The first-order valence-corrected chi connectivity index (χ1v) is 8.02. The summed E-state index contributed by atoms with van der Waals surface area (Å²) in [5.74, 6) is 1.44. The Morgan fingerprint density at radius 1 is 1.23 bits per heavy atom. The van der Waals surface area contributed by atoms with E-state index < -0.39 is 6.61 Å². The van der Waals surface area contributed by atoms with E-state index in [1.807, 2.05) is 18.2 Å². The van der Waals surface area contributed by atoms with Gasteiger partial charge in [-0.1, -0.05) is 18.2 Å². The van der Waals surface area contributed by atoms with E-state index >= 15 is 0 Å². The summed E-state index contributed by atoms with van der Waals surface area (Å²) in [5.41, 5.74) is 3.98. The van der Waals surface area contributed by atoms with Crippen LogP contribution in [0.2, 0.25) is 0 Å². The van der Waals surface area contributed by atoms with Gasteiger partial charge in [0.1, 0.15) is 5.75 Å². The van der Waals surface area contributed by atoms with Crippen molar-refractivity contribution in [1.82, 2.24) is 10.7 Å². The van der Waals surface area contributed by atoms with Gasteiger partial charge in [-0.2, -0.15) is 13.9 Å². The molecule has 0 radical (unpaired) electrons. The number of nitrogens with zero attached hydrogens (tertiary/aromatic N) is 1. The summed E-state index contributed by atoms with van der Waals surface area (Å²) in [6.45, 7) is -2.22. The molecule has 2 aromatic rings. The lowest BCUT2D eigenvalue weighted by atomic mass is 10.2. The average Bonchev–Trinajstić information content (AvgIpc) is 3.09. The summed E-state index contributed by atoms with van der Waals surface area (Å²) in [6, 6.07) is 11.9. The number of benzene rings is 2. The summed E-state index contributed by atoms with van der Waals surface area (Å²) < 4.78 is 39.7. The second-order valence-corrected chi connectivity index (χ2v) is 5.56. The quantitative estimate of drug-likeness (QED) is 0.457. The number of hydrogen-bond acceptors (Lipinski definition) is 5. The molecule has 26 heavy (non-hydrogen) atoms. The van der Waals surface area contributed by atoms with Gasteiger partial charge in [0.25, 0.3) is 0 Å². The van der Waals surface area contributed by atoms with Crippen LogP contribution in [0.3, 0.4) is 0 Å². The Balaban J connectivity index is 1.50. The van der Waals surface area contributed by atoms with E-state index in [2.05, 4.69) is 20.6 Å². The van der Waals surface area contributed by atoms with Crippen LogP contribution >= 0.6 is 12.2 Å². The Bertz CT molecular complexity index is 818. The number of hydrazone groups is 1. The third-order valence-electron chi connectivity index (χ3n) is 3.39. The minimum atomic E-state index is -2.90. The van der Waals surface area contributed by atoms with E-state index in [-0.39, 0.29) is 17.7 Å². The molecule has 1 aliphatic heterocycles. The molecule has 3 rings (SSSR count). The number of nitrogens with one attached hydrogen (secondary N) is 2. The first-order valence-electron chi connectivity index (χ1n) is 7.61. The van der Waals surface area contributed by atoms with Gasteiger partial charge in [0.15, 0.2) is 16.6 Å². The predicted molar refractivity (Wildman–Crippen MR) is 95.8 cm³/mol. The van der Waals surface area contributed by atoms with E-state index in [1.165, 1.54) is 12.3 Å². The molecule has 2 aromatic carbocycles. The number of alkyl halides is 2. The summed E-state index contributed by atoms with van der Waals surface area (Å²) in [7, 11) is 0. The zero-order valence-corrected chi connectivity index (χ0v) is 14.3. The van der Waals surface area contributed by atoms with Crippen molar-refractivity contribution in [3.8, 4) is 17.2 Å². The Hall–Kier alpha value is -2.94. The van der Waals surface area contributed by atoms with Crippen molar-refractivity contribution in [1.29, 1.82) is 0 Å². The Morgan fingerprint density at radius 3 is 2.88 bits per heavy atom. The van der Waals surface area contributed by atoms with E-state index in [4.69, 9.17) is 21.7 Å². The fraction of sp³-hybridized carbons (Fsp3) is 0.176. The molecule has 0 spiro atoms. The van der Waals surface area contributed by atoms with Crippen LogP contribution in [-0.2, 0) is 6.54 Å². The minimum Gasteiger partial charge on any atom is -0.454 e. The minimum absolute atomic E-state index is 0.0345. The normalized spacial score (nSPS) is 12.4. The average molecular weight is 379 g/mol. The van der Waals surface area contributed by atoms with E-state index in [1.54, 1.807) is 18.2 Å². The molecule has 9 heteroatoms. The summed E-state index contributed by atoms with van der Waals surface area (Å²) in [6.07, 6.45) is 1.35. The molecule has 2 N–H and O–H groups in total. The van der Waals surface area contributed by atoms with Gasteiger partial charge in [-0.15, -0.1) is 0 Å². The van der Waals surface area contributed by atoms with Crippen molar-refractivity contribution in [2.45, 2.75) is 13.2 Å². The molecule has 0 unspecified atom stereocenters. The van der Waals surface area contributed by atoms with Crippen LogP contribution in [0.15, 0.2) is 47.6 Å². The van der Waals surface area contributed by atoms with Gasteiger partial charge in [-0.05, 0) is 42.0 Å². The van der Waals surface area contributed by atoms with Gasteiger partial charge < -0.3 is 19.5 Å². The number of ether oxygens (including phenoxy) is 3. The van der Waals surface area contributed by atoms with Crippen molar-refractivity contribution < 1.29 is 23.0 Å². The Kier molecular flexibility index (Phi) is 5.80. The molecule has 0 saturated carbocycles. The zero-order valence-electron chi connectivity index (χ0n) is 13.4. The van der Waals surface area contributed by atoms with Gasteiger partial charge in [0, 0.05) is 12.1 Å². The molecule has 0 atom stereocenters. The smallest absolute Gasteiger partial charge is 0.387 e. The monoisotopic (exact) mass is 379 g/mol. The first-order chi connectivity index (χ1) is 12.6. The Morgan fingerprint density at radius 2 is 2.04 bits per heavy atom. The van der Waals surface area contributed by atoms with Gasteiger partial charge in [-0.25, -0.2) is 0 Å². The molecule has 0 saturated heterocycles. The number of thiocarbonyl (C=S) groups is 1. The fourth-order valence-corrected chi connectivity index (χ4v) is 2.35. The highest BCUT2D eigenvalue weighted by Gasteiger charge is 2.13.